The van der Waals surface area contributed by atoms with Crippen LogP contribution in [0, 0.1) is 0 Å². The summed E-state index contributed by atoms with van der Waals surface area (Å²) in [5.41, 5.74) is 1.17. The van der Waals surface area contributed by atoms with E-state index in [0.29, 0.717) is 34.1 Å². The van der Waals surface area contributed by atoms with E-state index < -0.39 is 17.7 Å². The zero-order valence-electron chi connectivity index (χ0n) is 14.1. The van der Waals surface area contributed by atoms with Crippen LogP contribution in [0.3, 0.4) is 0 Å². The largest absolute Gasteiger partial charge is 0.507 e. The molecule has 3 rings (SSSR count). The molecule has 1 fully saturated rings. The van der Waals surface area contributed by atoms with E-state index >= 15 is 0 Å². The van der Waals surface area contributed by atoms with Crippen molar-refractivity contribution in [1.29, 1.82) is 0 Å². The van der Waals surface area contributed by atoms with E-state index in [2.05, 4.69) is 0 Å². The Balaban J connectivity index is 2.21. The summed E-state index contributed by atoms with van der Waals surface area (Å²) in [6.45, 7) is 2.31. The Morgan fingerprint density at radius 1 is 1.08 bits per heavy atom. The molecule has 6 heteroatoms. The fraction of sp³-hybridized carbons (Fsp3) is 0.200. The molecule has 4 nitrogen and oxygen atoms in total. The third kappa shape index (κ3) is 3.22. The van der Waals surface area contributed by atoms with Gasteiger partial charge in [0, 0.05) is 12.1 Å². The van der Waals surface area contributed by atoms with E-state index in [0.717, 1.165) is 0 Å². The zero-order chi connectivity index (χ0) is 18.8. The van der Waals surface area contributed by atoms with E-state index in [1.54, 1.807) is 42.5 Å². The average molecular weight is 390 g/mol. The lowest BCUT2D eigenvalue weighted by atomic mass is 9.95. The van der Waals surface area contributed by atoms with Crippen LogP contribution in [0.4, 0.5) is 0 Å². The Morgan fingerprint density at radius 2 is 1.77 bits per heavy atom. The molecule has 1 N–H and O–H groups in total. The molecule has 1 saturated heterocycles. The quantitative estimate of drug-likeness (QED) is 0.462. The van der Waals surface area contributed by atoms with Gasteiger partial charge in [0.2, 0.25) is 0 Å². The number of hydrogen-bond donors (Lipinski definition) is 1. The first-order valence-corrected chi connectivity index (χ1v) is 9.00. The fourth-order valence-corrected chi connectivity index (χ4v) is 3.44. The first kappa shape index (κ1) is 18.5. The van der Waals surface area contributed by atoms with Gasteiger partial charge in [0.25, 0.3) is 11.7 Å². The summed E-state index contributed by atoms with van der Waals surface area (Å²) in [7, 11) is 0. The second-order valence-electron chi connectivity index (χ2n) is 6.03. The number of carbonyl (C=O) groups is 2. The van der Waals surface area contributed by atoms with Gasteiger partial charge in [-0.3, -0.25) is 9.59 Å². The number of aliphatic hydroxyl groups is 1. The van der Waals surface area contributed by atoms with Crippen molar-refractivity contribution >= 4 is 40.7 Å². The Labute approximate surface area is 161 Å². The molecule has 1 amide bonds. The third-order valence-corrected chi connectivity index (χ3v) is 5.05. The number of carbonyl (C=O) groups excluding carboxylic acids is 2. The summed E-state index contributed by atoms with van der Waals surface area (Å²) in [5, 5.41) is 11.5. The molecule has 2 aromatic rings. The van der Waals surface area contributed by atoms with E-state index in [-0.39, 0.29) is 11.3 Å². The number of rotatable bonds is 4. The minimum absolute atomic E-state index is 0.0630. The van der Waals surface area contributed by atoms with Crippen LogP contribution in [-0.4, -0.2) is 28.2 Å². The second kappa shape index (κ2) is 7.52. The molecule has 0 radical (unpaired) electrons. The number of nitrogens with zero attached hydrogens (tertiary/aromatic N) is 1. The lowest BCUT2D eigenvalue weighted by molar-refractivity contribution is -0.139. The van der Waals surface area contributed by atoms with Crippen LogP contribution in [-0.2, 0) is 9.59 Å². The second-order valence-corrected chi connectivity index (χ2v) is 6.85. The van der Waals surface area contributed by atoms with Gasteiger partial charge in [-0.25, -0.2) is 0 Å². The van der Waals surface area contributed by atoms with Gasteiger partial charge in [-0.05, 0) is 24.1 Å². The van der Waals surface area contributed by atoms with Crippen LogP contribution in [0.15, 0.2) is 54.1 Å². The molecule has 2 aromatic carbocycles. The zero-order valence-corrected chi connectivity index (χ0v) is 15.6. The summed E-state index contributed by atoms with van der Waals surface area (Å²) in [5.74, 6) is -1.52. The first-order chi connectivity index (χ1) is 12.5. The molecule has 1 aliphatic heterocycles. The molecule has 26 heavy (non-hydrogen) atoms. The maximum Gasteiger partial charge on any atom is 0.295 e. The smallest absolute Gasteiger partial charge is 0.295 e. The van der Waals surface area contributed by atoms with Crippen molar-refractivity contribution in [2.45, 2.75) is 19.4 Å². The average Bonchev–Trinajstić information content (AvgIpc) is 2.89. The summed E-state index contributed by atoms with van der Waals surface area (Å²) < 4.78 is 0. The molecule has 0 aromatic heterocycles. The van der Waals surface area contributed by atoms with Crippen LogP contribution >= 0.6 is 23.2 Å². The predicted molar refractivity (Wildman–Crippen MR) is 102 cm³/mol. The number of benzene rings is 2. The lowest BCUT2D eigenvalue weighted by Gasteiger charge is -2.25. The molecule has 0 bridgehead atoms. The van der Waals surface area contributed by atoms with Gasteiger partial charge >= 0.3 is 0 Å². The number of aliphatic hydroxyl groups excluding tert-OH is 1. The number of likely N-dealkylation sites (tertiary alicyclic amines) is 1. The van der Waals surface area contributed by atoms with Crippen molar-refractivity contribution in [3.8, 4) is 0 Å². The van der Waals surface area contributed by atoms with Gasteiger partial charge in [-0.2, -0.15) is 0 Å². The minimum Gasteiger partial charge on any atom is -0.507 e. The van der Waals surface area contributed by atoms with Crippen molar-refractivity contribution in [2.75, 3.05) is 6.54 Å². The maximum atomic E-state index is 12.7. The number of ketones is 1. The SMILES string of the molecule is CCCN1C(=O)C(=O)/C(=C(\O)c2ccccc2)C1c1ccc(Cl)c(Cl)c1. The third-order valence-electron chi connectivity index (χ3n) is 4.31. The number of hydrogen-bond acceptors (Lipinski definition) is 3. The molecule has 0 spiro atoms. The topological polar surface area (TPSA) is 57.6 Å². The van der Waals surface area contributed by atoms with E-state index in [1.807, 2.05) is 13.0 Å². The number of halogens is 2. The highest BCUT2D eigenvalue weighted by Gasteiger charge is 2.45. The summed E-state index contributed by atoms with van der Waals surface area (Å²) in [6, 6.07) is 13.0. The van der Waals surface area contributed by atoms with Crippen LogP contribution in [0.5, 0.6) is 0 Å². The van der Waals surface area contributed by atoms with Gasteiger partial charge in [0.1, 0.15) is 5.76 Å². The molecular formula is C20H17Cl2NO3. The van der Waals surface area contributed by atoms with Gasteiger partial charge in [0.15, 0.2) is 0 Å². The van der Waals surface area contributed by atoms with Crippen molar-refractivity contribution in [1.82, 2.24) is 4.90 Å². The van der Waals surface area contributed by atoms with Crippen LogP contribution < -0.4 is 0 Å². The normalized spacial score (nSPS) is 19.2. The van der Waals surface area contributed by atoms with Crippen LogP contribution in [0.1, 0.15) is 30.5 Å². The van der Waals surface area contributed by atoms with Gasteiger partial charge in [-0.1, -0.05) is 66.5 Å². The first-order valence-electron chi connectivity index (χ1n) is 8.24. The molecule has 134 valence electrons. The van der Waals surface area contributed by atoms with Crippen LogP contribution in [0.2, 0.25) is 10.0 Å². The minimum atomic E-state index is -0.704. The molecule has 0 aliphatic carbocycles. The number of Topliss-reactive ketones (excluding diaryl/α,β-unsaturated/α-hetero) is 1. The predicted octanol–water partition coefficient (Wildman–Crippen LogP) is 4.83. The van der Waals surface area contributed by atoms with Crippen molar-refractivity contribution in [2.24, 2.45) is 0 Å². The maximum absolute atomic E-state index is 12.7. The Morgan fingerprint density at radius 3 is 2.38 bits per heavy atom. The molecule has 0 saturated carbocycles. The molecular weight excluding hydrogens is 373 g/mol. The highest BCUT2D eigenvalue weighted by molar-refractivity contribution is 6.46. The molecule has 1 heterocycles. The van der Waals surface area contributed by atoms with Crippen molar-refractivity contribution < 1.29 is 14.7 Å². The Hall–Kier alpha value is -2.30. The highest BCUT2D eigenvalue weighted by atomic mass is 35.5. The summed E-state index contributed by atoms with van der Waals surface area (Å²) >= 11 is 12.1. The standard InChI is InChI=1S/C20H17Cl2NO3/c1-2-10-23-17(13-8-9-14(21)15(22)11-13)16(19(25)20(23)26)18(24)12-6-4-3-5-7-12/h3-9,11,17,24H,2,10H2,1H3/b18-16-. The van der Waals surface area contributed by atoms with E-state index in [1.165, 1.54) is 4.90 Å². The van der Waals surface area contributed by atoms with E-state index in [4.69, 9.17) is 23.2 Å². The van der Waals surface area contributed by atoms with Gasteiger partial charge < -0.3 is 10.0 Å². The number of amides is 1. The monoisotopic (exact) mass is 389 g/mol. The van der Waals surface area contributed by atoms with Crippen molar-refractivity contribution in [3.05, 3.63) is 75.3 Å². The lowest BCUT2D eigenvalue weighted by Crippen LogP contribution is -2.30. The van der Waals surface area contributed by atoms with Gasteiger partial charge in [-0.15, -0.1) is 0 Å². The summed E-state index contributed by atoms with van der Waals surface area (Å²) in [6.07, 6.45) is 0.677. The Kier molecular flexibility index (Phi) is 5.35. The van der Waals surface area contributed by atoms with Gasteiger partial charge in [0.05, 0.1) is 21.7 Å². The fourth-order valence-electron chi connectivity index (χ4n) is 3.13. The van der Waals surface area contributed by atoms with Crippen molar-refractivity contribution in [3.63, 3.8) is 0 Å². The van der Waals surface area contributed by atoms with Crippen LogP contribution in [0.25, 0.3) is 5.76 Å². The van der Waals surface area contributed by atoms with E-state index in [9.17, 15) is 14.7 Å². The molecule has 1 atom stereocenters. The molecule has 1 aliphatic rings. The Bertz CT molecular complexity index is 893. The highest BCUT2D eigenvalue weighted by Crippen LogP contribution is 2.40. The summed E-state index contributed by atoms with van der Waals surface area (Å²) in [4.78, 5) is 26.7. The molecule has 1 unspecified atom stereocenters.